The van der Waals surface area contributed by atoms with Crippen molar-refractivity contribution < 1.29 is 9.53 Å². The van der Waals surface area contributed by atoms with E-state index in [1.807, 2.05) is 43.3 Å². The molecule has 2 aromatic carbocycles. The van der Waals surface area contributed by atoms with Gasteiger partial charge in [-0.2, -0.15) is 15.5 Å². The zero-order valence-corrected chi connectivity index (χ0v) is 20.4. The predicted octanol–water partition coefficient (Wildman–Crippen LogP) is 3.54. The van der Waals surface area contributed by atoms with E-state index in [1.54, 1.807) is 18.3 Å². The Morgan fingerprint density at radius 2 is 2.05 bits per heavy atom. The smallest absolute Gasteiger partial charge is 0.251 e. The first kappa shape index (κ1) is 23.0. The van der Waals surface area contributed by atoms with Crippen molar-refractivity contribution in [3.63, 3.8) is 0 Å². The Labute approximate surface area is 214 Å². The molecule has 0 aliphatic carbocycles. The fourth-order valence-electron chi connectivity index (χ4n) is 4.69. The number of carbonyl (C=O) groups excluding carboxylic acids is 1. The number of aromatic nitrogens is 4. The standard InChI is InChI=1S/C28H25N7O2/c1-28(16-29)17-37-15-20-4-3-19(13-23(20)28)27(36)31-14-22-12-21-11-18(5-6-24(21)34-33-22)26-30-8-7-25(32-26)35-9-2-10-35/h3-8,11-13H,2,9-10,14-15,17H2,1H3,(H,31,36)/t28-/m1/s1. The minimum absolute atomic E-state index is 0.225. The first-order valence-electron chi connectivity index (χ1n) is 12.3. The van der Waals surface area contributed by atoms with Crippen LogP contribution in [0.5, 0.6) is 0 Å². The summed E-state index contributed by atoms with van der Waals surface area (Å²) >= 11 is 0. The van der Waals surface area contributed by atoms with Gasteiger partial charge >= 0.3 is 0 Å². The summed E-state index contributed by atoms with van der Waals surface area (Å²) in [7, 11) is 0. The second-order valence-corrected chi connectivity index (χ2v) is 9.68. The number of anilines is 1. The Morgan fingerprint density at radius 3 is 2.86 bits per heavy atom. The summed E-state index contributed by atoms with van der Waals surface area (Å²) in [4.78, 5) is 24.3. The van der Waals surface area contributed by atoms with E-state index in [9.17, 15) is 10.1 Å². The SMILES string of the molecule is C[C@@]1(C#N)COCc2ccc(C(=O)NCc3cc4cc(-c5nccc(N6CCC6)n5)ccc4nn3)cc21. The minimum atomic E-state index is -0.774. The normalized spacial score (nSPS) is 18.5. The van der Waals surface area contributed by atoms with Crippen LogP contribution in [0, 0.1) is 11.3 Å². The van der Waals surface area contributed by atoms with E-state index < -0.39 is 5.41 Å². The van der Waals surface area contributed by atoms with Crippen molar-refractivity contribution in [2.45, 2.75) is 31.9 Å². The average Bonchev–Trinajstić information content (AvgIpc) is 2.90. The van der Waals surface area contributed by atoms with Crippen LogP contribution in [0.25, 0.3) is 22.3 Å². The molecule has 9 heteroatoms. The molecule has 2 aliphatic rings. The molecule has 0 radical (unpaired) electrons. The minimum Gasteiger partial charge on any atom is -0.375 e. The number of ether oxygens (including phenoxy) is 1. The summed E-state index contributed by atoms with van der Waals surface area (Å²) in [6.45, 7) is 4.86. The number of hydrogen-bond donors (Lipinski definition) is 1. The van der Waals surface area contributed by atoms with Crippen LogP contribution in [-0.4, -0.2) is 45.8 Å². The lowest BCUT2D eigenvalue weighted by Gasteiger charge is -2.31. The fraction of sp³-hybridized carbons (Fsp3) is 0.286. The molecule has 0 bridgehead atoms. The van der Waals surface area contributed by atoms with Crippen LogP contribution in [0.3, 0.4) is 0 Å². The first-order chi connectivity index (χ1) is 18.0. The molecule has 1 amide bonds. The second-order valence-electron chi connectivity index (χ2n) is 9.68. The molecule has 2 aliphatic heterocycles. The number of hydrogen-bond acceptors (Lipinski definition) is 8. The molecule has 0 saturated carbocycles. The van der Waals surface area contributed by atoms with Gasteiger partial charge in [-0.15, -0.1) is 0 Å². The summed E-state index contributed by atoms with van der Waals surface area (Å²) in [5, 5.41) is 22.1. The van der Waals surface area contributed by atoms with Gasteiger partial charge in [-0.05, 0) is 66.9 Å². The van der Waals surface area contributed by atoms with Gasteiger partial charge < -0.3 is 15.0 Å². The molecule has 2 aromatic heterocycles. The summed E-state index contributed by atoms with van der Waals surface area (Å²) in [6, 6.07) is 17.4. The lowest BCUT2D eigenvalue weighted by atomic mass is 9.79. The van der Waals surface area contributed by atoms with Gasteiger partial charge in [-0.25, -0.2) is 9.97 Å². The number of carbonyl (C=O) groups is 1. The van der Waals surface area contributed by atoms with E-state index >= 15 is 0 Å². The molecule has 1 fully saturated rings. The molecule has 6 rings (SSSR count). The maximum atomic E-state index is 12.9. The topological polar surface area (TPSA) is 117 Å². The van der Waals surface area contributed by atoms with Gasteiger partial charge in [0.05, 0.1) is 37.0 Å². The van der Waals surface area contributed by atoms with E-state index in [-0.39, 0.29) is 12.5 Å². The Morgan fingerprint density at radius 1 is 1.16 bits per heavy atom. The van der Waals surface area contributed by atoms with E-state index in [1.165, 1.54) is 6.42 Å². The van der Waals surface area contributed by atoms with Crippen molar-refractivity contribution in [2.24, 2.45) is 0 Å². The molecule has 37 heavy (non-hydrogen) atoms. The monoisotopic (exact) mass is 491 g/mol. The molecule has 4 heterocycles. The van der Waals surface area contributed by atoms with Crippen LogP contribution in [0.15, 0.2) is 54.7 Å². The lowest BCUT2D eigenvalue weighted by molar-refractivity contribution is 0.0757. The quantitative estimate of drug-likeness (QED) is 0.451. The number of benzene rings is 2. The Bertz CT molecular complexity index is 1560. The third-order valence-electron chi connectivity index (χ3n) is 7.01. The van der Waals surface area contributed by atoms with E-state index in [0.29, 0.717) is 30.3 Å². The second kappa shape index (κ2) is 9.22. The molecule has 1 atom stereocenters. The number of amides is 1. The Kier molecular flexibility index (Phi) is 5.74. The molecular formula is C28H25N7O2. The highest BCUT2D eigenvalue weighted by molar-refractivity contribution is 5.94. The van der Waals surface area contributed by atoms with Crippen molar-refractivity contribution in [3.05, 3.63) is 77.1 Å². The molecule has 1 N–H and O–H groups in total. The number of nitriles is 1. The third-order valence-corrected chi connectivity index (χ3v) is 7.01. The van der Waals surface area contributed by atoms with Crippen LogP contribution in [0.1, 0.15) is 40.5 Å². The van der Waals surface area contributed by atoms with Crippen LogP contribution in [0.4, 0.5) is 5.82 Å². The Balaban J connectivity index is 1.20. The average molecular weight is 492 g/mol. The summed E-state index contributed by atoms with van der Waals surface area (Å²) in [5.74, 6) is 1.37. The van der Waals surface area contributed by atoms with Crippen molar-refractivity contribution in [2.75, 3.05) is 24.6 Å². The molecular weight excluding hydrogens is 466 g/mol. The van der Waals surface area contributed by atoms with Gasteiger partial charge in [0.15, 0.2) is 5.82 Å². The maximum Gasteiger partial charge on any atom is 0.251 e. The third kappa shape index (κ3) is 4.36. The van der Waals surface area contributed by atoms with Crippen molar-refractivity contribution in [3.8, 4) is 17.5 Å². The van der Waals surface area contributed by atoms with Crippen molar-refractivity contribution in [1.82, 2.24) is 25.5 Å². The predicted molar refractivity (Wildman–Crippen MR) is 138 cm³/mol. The van der Waals surface area contributed by atoms with Crippen LogP contribution < -0.4 is 10.2 Å². The van der Waals surface area contributed by atoms with Gasteiger partial charge in [-0.3, -0.25) is 4.79 Å². The van der Waals surface area contributed by atoms with Crippen LogP contribution in [-0.2, 0) is 23.3 Å². The van der Waals surface area contributed by atoms with E-state index in [2.05, 4.69) is 31.5 Å². The zero-order valence-electron chi connectivity index (χ0n) is 20.4. The van der Waals surface area contributed by atoms with Gasteiger partial charge in [-0.1, -0.05) is 6.07 Å². The Hall–Kier alpha value is -4.42. The van der Waals surface area contributed by atoms with E-state index in [4.69, 9.17) is 9.72 Å². The molecule has 4 aromatic rings. The molecule has 9 nitrogen and oxygen atoms in total. The van der Waals surface area contributed by atoms with Crippen LogP contribution in [0.2, 0.25) is 0 Å². The molecule has 0 spiro atoms. The lowest BCUT2D eigenvalue weighted by Crippen LogP contribution is -2.37. The number of nitrogens with zero attached hydrogens (tertiary/aromatic N) is 6. The van der Waals surface area contributed by atoms with Crippen LogP contribution >= 0.6 is 0 Å². The highest BCUT2D eigenvalue weighted by Crippen LogP contribution is 2.32. The molecule has 0 unspecified atom stereocenters. The first-order valence-corrected chi connectivity index (χ1v) is 12.3. The highest BCUT2D eigenvalue weighted by atomic mass is 16.5. The number of fused-ring (bicyclic) bond motifs is 2. The summed E-state index contributed by atoms with van der Waals surface area (Å²) < 4.78 is 5.56. The van der Waals surface area contributed by atoms with E-state index in [0.717, 1.165) is 46.5 Å². The van der Waals surface area contributed by atoms with Gasteiger partial charge in [0.25, 0.3) is 5.91 Å². The van der Waals surface area contributed by atoms with Gasteiger partial charge in [0.1, 0.15) is 11.2 Å². The number of nitrogens with one attached hydrogen (secondary N) is 1. The number of rotatable bonds is 5. The summed E-state index contributed by atoms with van der Waals surface area (Å²) in [6.07, 6.45) is 2.98. The molecule has 1 saturated heterocycles. The van der Waals surface area contributed by atoms with Crippen molar-refractivity contribution >= 4 is 22.6 Å². The van der Waals surface area contributed by atoms with Crippen molar-refractivity contribution in [1.29, 1.82) is 5.26 Å². The van der Waals surface area contributed by atoms with Gasteiger partial charge in [0, 0.05) is 35.8 Å². The summed E-state index contributed by atoms with van der Waals surface area (Å²) in [5.41, 5.74) is 3.79. The van der Waals surface area contributed by atoms with Gasteiger partial charge in [0.2, 0.25) is 0 Å². The highest BCUT2D eigenvalue weighted by Gasteiger charge is 2.33. The fourth-order valence-corrected chi connectivity index (χ4v) is 4.69. The molecule has 184 valence electrons. The zero-order chi connectivity index (χ0) is 25.4. The largest absolute Gasteiger partial charge is 0.375 e. The maximum absolute atomic E-state index is 12.9.